The summed E-state index contributed by atoms with van der Waals surface area (Å²) in [5.74, 6) is 0. The lowest BCUT2D eigenvalue weighted by molar-refractivity contribution is 0.448. The normalized spacial score (nSPS) is 11.3. The Bertz CT molecular complexity index is 1030. The lowest BCUT2D eigenvalue weighted by Gasteiger charge is -2.03. The van der Waals surface area contributed by atoms with E-state index in [0.717, 1.165) is 16.5 Å². The molecule has 0 saturated heterocycles. The van der Waals surface area contributed by atoms with Gasteiger partial charge in [0, 0.05) is 0 Å². The van der Waals surface area contributed by atoms with Crippen molar-refractivity contribution in [2.75, 3.05) is 0 Å². The third kappa shape index (κ3) is 1.84. The molecule has 4 heteroatoms. The first kappa shape index (κ1) is 12.8. The average molecular weight is 291 g/mol. The average Bonchev–Trinajstić information content (AvgIpc) is 3.00. The number of hydrogen-bond acceptors (Lipinski definition) is 4. The van der Waals surface area contributed by atoms with Crippen LogP contribution < -0.4 is 5.63 Å². The van der Waals surface area contributed by atoms with E-state index in [0.29, 0.717) is 28.7 Å². The zero-order valence-electron chi connectivity index (χ0n) is 12.0. The van der Waals surface area contributed by atoms with E-state index in [2.05, 4.69) is 5.16 Å². The Labute approximate surface area is 126 Å². The Morgan fingerprint density at radius 1 is 1.05 bits per heavy atom. The molecule has 4 nitrogen and oxygen atoms in total. The number of aromatic nitrogens is 1. The summed E-state index contributed by atoms with van der Waals surface area (Å²) in [6, 6.07) is 15.7. The summed E-state index contributed by atoms with van der Waals surface area (Å²) in [6.07, 6.45) is 0.630. The smallest absolute Gasteiger partial charge is 0.349 e. The maximum absolute atomic E-state index is 12.2. The topological polar surface area (TPSA) is 56.2 Å². The lowest BCUT2D eigenvalue weighted by Crippen LogP contribution is -2.00. The first-order valence-electron chi connectivity index (χ1n) is 7.18. The molecule has 0 amide bonds. The Morgan fingerprint density at radius 3 is 2.64 bits per heavy atom. The molecule has 0 aliphatic carbocycles. The van der Waals surface area contributed by atoms with Crippen LogP contribution in [0.4, 0.5) is 0 Å². The molecule has 2 aromatic carbocycles. The first-order valence-corrected chi connectivity index (χ1v) is 7.18. The van der Waals surface area contributed by atoms with Gasteiger partial charge in [-0.15, -0.1) is 0 Å². The number of benzene rings is 2. The van der Waals surface area contributed by atoms with Crippen LogP contribution in [-0.2, 0) is 6.42 Å². The third-order valence-corrected chi connectivity index (χ3v) is 3.84. The van der Waals surface area contributed by atoms with E-state index < -0.39 is 5.63 Å². The van der Waals surface area contributed by atoms with E-state index in [1.165, 1.54) is 0 Å². The summed E-state index contributed by atoms with van der Waals surface area (Å²) in [4.78, 5) is 12.2. The quantitative estimate of drug-likeness (QED) is 0.520. The lowest BCUT2D eigenvalue weighted by atomic mass is 10.0. The van der Waals surface area contributed by atoms with Crippen LogP contribution in [-0.4, -0.2) is 5.16 Å². The van der Waals surface area contributed by atoms with Crippen LogP contribution in [0.15, 0.2) is 62.3 Å². The van der Waals surface area contributed by atoms with Gasteiger partial charge >= 0.3 is 5.63 Å². The Morgan fingerprint density at radius 2 is 1.86 bits per heavy atom. The van der Waals surface area contributed by atoms with Crippen molar-refractivity contribution in [3.63, 3.8) is 0 Å². The largest absolute Gasteiger partial charge is 0.422 e. The minimum absolute atomic E-state index is 0.397. The molecular weight excluding hydrogens is 278 g/mol. The third-order valence-electron chi connectivity index (χ3n) is 3.84. The van der Waals surface area contributed by atoms with Crippen LogP contribution in [0.3, 0.4) is 0 Å². The van der Waals surface area contributed by atoms with Crippen LogP contribution in [0.2, 0.25) is 0 Å². The fourth-order valence-corrected chi connectivity index (χ4v) is 2.71. The Hall–Kier alpha value is -2.88. The molecule has 0 atom stereocenters. The monoisotopic (exact) mass is 291 g/mol. The minimum atomic E-state index is -0.397. The molecule has 0 radical (unpaired) electrons. The van der Waals surface area contributed by atoms with Gasteiger partial charge in [-0.2, -0.15) is 0 Å². The number of aryl methyl sites for hydroxylation is 1. The zero-order valence-corrected chi connectivity index (χ0v) is 12.0. The standard InChI is InChI=1S/C18H13NO3/c1-2-14-16-17(22-19-14)13-9-8-12(10-15(13)21-18(16)20)11-6-4-3-5-7-11/h3-10H,2H2,1H3. The fraction of sp³-hybridized carbons (Fsp3) is 0.111. The SMILES string of the molecule is CCc1noc2c1c(=O)oc1cc(-c3ccccc3)ccc12. The van der Waals surface area contributed by atoms with Crippen molar-refractivity contribution in [1.29, 1.82) is 0 Å². The highest BCUT2D eigenvalue weighted by Crippen LogP contribution is 2.29. The van der Waals surface area contributed by atoms with Crippen LogP contribution in [0, 0.1) is 0 Å². The van der Waals surface area contributed by atoms with E-state index in [1.807, 2.05) is 55.5 Å². The van der Waals surface area contributed by atoms with Gasteiger partial charge in [-0.05, 0) is 29.7 Å². The highest BCUT2D eigenvalue weighted by molar-refractivity contribution is 6.02. The molecule has 0 fully saturated rings. The second-order valence-corrected chi connectivity index (χ2v) is 5.15. The molecule has 2 heterocycles. The van der Waals surface area contributed by atoms with Gasteiger partial charge in [0.1, 0.15) is 11.0 Å². The van der Waals surface area contributed by atoms with Gasteiger partial charge in [0.15, 0.2) is 5.58 Å². The van der Waals surface area contributed by atoms with Crippen LogP contribution in [0.25, 0.3) is 33.1 Å². The molecule has 0 aliphatic heterocycles. The summed E-state index contributed by atoms with van der Waals surface area (Å²) in [5.41, 5.74) is 3.31. The molecule has 4 rings (SSSR count). The van der Waals surface area contributed by atoms with Gasteiger partial charge in [0.25, 0.3) is 0 Å². The predicted molar refractivity (Wildman–Crippen MR) is 84.9 cm³/mol. The second-order valence-electron chi connectivity index (χ2n) is 5.15. The molecule has 0 unspecified atom stereocenters. The van der Waals surface area contributed by atoms with Crippen LogP contribution >= 0.6 is 0 Å². The molecule has 0 saturated carbocycles. The summed E-state index contributed by atoms with van der Waals surface area (Å²) < 4.78 is 10.9. The van der Waals surface area contributed by atoms with Crippen molar-refractivity contribution >= 4 is 21.9 Å². The minimum Gasteiger partial charge on any atom is -0.422 e. The zero-order chi connectivity index (χ0) is 15.1. The molecule has 22 heavy (non-hydrogen) atoms. The first-order chi connectivity index (χ1) is 10.8. The van der Waals surface area contributed by atoms with E-state index in [4.69, 9.17) is 8.94 Å². The summed E-state index contributed by atoms with van der Waals surface area (Å²) in [7, 11) is 0. The van der Waals surface area contributed by atoms with Crippen LogP contribution in [0.1, 0.15) is 12.6 Å². The van der Waals surface area contributed by atoms with E-state index >= 15 is 0 Å². The number of hydrogen-bond donors (Lipinski definition) is 0. The highest BCUT2D eigenvalue weighted by atomic mass is 16.5. The number of rotatable bonds is 2. The van der Waals surface area contributed by atoms with E-state index in [9.17, 15) is 4.79 Å². The van der Waals surface area contributed by atoms with Gasteiger partial charge in [0.05, 0.1) is 11.1 Å². The summed E-state index contributed by atoms with van der Waals surface area (Å²) in [5, 5.41) is 5.18. The predicted octanol–water partition coefficient (Wildman–Crippen LogP) is 4.16. The fourth-order valence-electron chi connectivity index (χ4n) is 2.71. The van der Waals surface area contributed by atoms with Gasteiger partial charge in [-0.3, -0.25) is 0 Å². The molecule has 4 aromatic rings. The molecule has 0 spiro atoms. The number of nitrogens with zero attached hydrogens (tertiary/aromatic N) is 1. The van der Waals surface area contributed by atoms with Crippen molar-refractivity contribution in [3.05, 3.63) is 64.6 Å². The Kier molecular flexibility index (Phi) is 2.82. The maximum Gasteiger partial charge on any atom is 0.349 e. The molecule has 2 aromatic heterocycles. The van der Waals surface area contributed by atoms with Crippen molar-refractivity contribution in [1.82, 2.24) is 5.16 Å². The molecular formula is C18H13NO3. The van der Waals surface area contributed by atoms with Gasteiger partial charge < -0.3 is 8.94 Å². The second kappa shape index (κ2) is 4.84. The molecule has 0 aliphatic rings. The maximum atomic E-state index is 12.2. The number of fused-ring (bicyclic) bond motifs is 3. The molecule has 0 bridgehead atoms. The molecule has 108 valence electrons. The van der Waals surface area contributed by atoms with Crippen molar-refractivity contribution in [2.45, 2.75) is 13.3 Å². The summed E-state index contributed by atoms with van der Waals surface area (Å²) >= 11 is 0. The Balaban J connectivity index is 2.02. The van der Waals surface area contributed by atoms with Crippen molar-refractivity contribution in [2.24, 2.45) is 0 Å². The van der Waals surface area contributed by atoms with E-state index in [1.54, 1.807) is 0 Å². The van der Waals surface area contributed by atoms with Crippen LogP contribution in [0.5, 0.6) is 0 Å². The van der Waals surface area contributed by atoms with E-state index in [-0.39, 0.29) is 0 Å². The molecule has 0 N–H and O–H groups in total. The van der Waals surface area contributed by atoms with Crippen molar-refractivity contribution in [3.8, 4) is 11.1 Å². The van der Waals surface area contributed by atoms with Gasteiger partial charge in [-0.1, -0.05) is 48.5 Å². The van der Waals surface area contributed by atoms with Crippen molar-refractivity contribution < 1.29 is 8.94 Å². The highest BCUT2D eigenvalue weighted by Gasteiger charge is 2.16. The summed E-state index contributed by atoms with van der Waals surface area (Å²) in [6.45, 7) is 1.93. The van der Waals surface area contributed by atoms with Gasteiger partial charge in [0.2, 0.25) is 0 Å². The van der Waals surface area contributed by atoms with Gasteiger partial charge in [-0.25, -0.2) is 4.79 Å².